The molecule has 3 heteroatoms. The fourth-order valence-electron chi connectivity index (χ4n) is 2.73. The molecule has 86 valence electrons. The zero-order valence-electron chi connectivity index (χ0n) is 9.19. The number of rotatable bonds is 7. The maximum absolute atomic E-state index is 8.51. The van der Waals surface area contributed by atoms with E-state index in [9.17, 15) is 0 Å². The first kappa shape index (κ1) is 11.1. The van der Waals surface area contributed by atoms with E-state index in [0.29, 0.717) is 13.2 Å². The Kier molecular flexibility index (Phi) is 4.18. The van der Waals surface area contributed by atoms with Gasteiger partial charge in [-0.1, -0.05) is 12.2 Å². The maximum Gasteiger partial charge on any atom is 0.0698 e. The van der Waals surface area contributed by atoms with E-state index in [-0.39, 0.29) is 6.61 Å². The van der Waals surface area contributed by atoms with Crippen LogP contribution in [0.3, 0.4) is 0 Å². The summed E-state index contributed by atoms with van der Waals surface area (Å²) >= 11 is 0. The van der Waals surface area contributed by atoms with Gasteiger partial charge in [-0.25, -0.2) is 0 Å². The summed E-state index contributed by atoms with van der Waals surface area (Å²) in [5.41, 5.74) is 0. The normalized spacial score (nSPS) is 32.7. The number of aliphatic hydroxyl groups is 1. The Morgan fingerprint density at radius 1 is 1.27 bits per heavy atom. The van der Waals surface area contributed by atoms with Crippen molar-refractivity contribution in [3.8, 4) is 0 Å². The van der Waals surface area contributed by atoms with Crippen LogP contribution in [0.5, 0.6) is 0 Å². The lowest BCUT2D eigenvalue weighted by Crippen LogP contribution is -2.28. The van der Waals surface area contributed by atoms with E-state index in [4.69, 9.17) is 9.84 Å². The van der Waals surface area contributed by atoms with E-state index < -0.39 is 0 Å². The number of hydrogen-bond acceptors (Lipinski definition) is 3. The monoisotopic (exact) mass is 211 g/mol. The van der Waals surface area contributed by atoms with Crippen molar-refractivity contribution in [2.45, 2.75) is 12.8 Å². The minimum atomic E-state index is 0.122. The van der Waals surface area contributed by atoms with Gasteiger partial charge in [-0.3, -0.25) is 0 Å². The largest absolute Gasteiger partial charge is 0.394 e. The summed E-state index contributed by atoms with van der Waals surface area (Å²) in [6, 6.07) is 0. The molecule has 0 aromatic carbocycles. The van der Waals surface area contributed by atoms with Gasteiger partial charge in [0, 0.05) is 6.54 Å². The second-order valence-corrected chi connectivity index (χ2v) is 4.58. The highest BCUT2D eigenvalue weighted by Crippen LogP contribution is 2.42. The lowest BCUT2D eigenvalue weighted by atomic mass is 9.94. The third-order valence-electron chi connectivity index (χ3n) is 3.48. The number of nitrogens with one attached hydrogen (secondary N) is 1. The molecule has 2 N–H and O–H groups in total. The Hall–Kier alpha value is -0.380. The summed E-state index contributed by atoms with van der Waals surface area (Å²) in [6.45, 7) is 3.30. The molecule has 0 aromatic heterocycles. The SMILES string of the molecule is OCCOCCNC[C@H]1C[C@H]2C=C[C@H]1C2. The smallest absolute Gasteiger partial charge is 0.0698 e. The summed E-state index contributed by atoms with van der Waals surface area (Å²) in [4.78, 5) is 0. The van der Waals surface area contributed by atoms with E-state index in [2.05, 4.69) is 17.5 Å². The molecular weight excluding hydrogens is 190 g/mol. The third-order valence-corrected chi connectivity index (χ3v) is 3.48. The van der Waals surface area contributed by atoms with Gasteiger partial charge in [0.2, 0.25) is 0 Å². The van der Waals surface area contributed by atoms with E-state index in [1.165, 1.54) is 12.8 Å². The zero-order valence-corrected chi connectivity index (χ0v) is 9.19. The summed E-state index contributed by atoms with van der Waals surface area (Å²) in [5, 5.41) is 11.9. The molecule has 2 bridgehead atoms. The molecule has 3 nitrogen and oxygen atoms in total. The second kappa shape index (κ2) is 5.64. The Bertz CT molecular complexity index is 218. The maximum atomic E-state index is 8.51. The number of ether oxygens (including phenoxy) is 1. The van der Waals surface area contributed by atoms with E-state index >= 15 is 0 Å². The highest BCUT2D eigenvalue weighted by molar-refractivity contribution is 5.10. The van der Waals surface area contributed by atoms with Gasteiger partial charge in [-0.2, -0.15) is 0 Å². The van der Waals surface area contributed by atoms with Gasteiger partial charge < -0.3 is 15.2 Å². The van der Waals surface area contributed by atoms with Crippen LogP contribution in [0, 0.1) is 17.8 Å². The van der Waals surface area contributed by atoms with Crippen molar-refractivity contribution in [2.24, 2.45) is 17.8 Å². The van der Waals surface area contributed by atoms with E-state index in [1.807, 2.05) is 0 Å². The molecule has 0 aliphatic heterocycles. The molecule has 0 aromatic rings. The fraction of sp³-hybridized carbons (Fsp3) is 0.833. The van der Waals surface area contributed by atoms with E-state index in [1.54, 1.807) is 0 Å². The summed E-state index contributed by atoms with van der Waals surface area (Å²) in [6.07, 6.45) is 7.52. The number of hydrogen-bond donors (Lipinski definition) is 2. The molecule has 15 heavy (non-hydrogen) atoms. The Morgan fingerprint density at radius 3 is 2.87 bits per heavy atom. The Morgan fingerprint density at radius 2 is 2.20 bits per heavy atom. The standard InChI is InChI=1S/C12H21NO2/c14-4-6-15-5-3-13-9-12-8-10-1-2-11(12)7-10/h1-2,10-14H,3-9H2/t10-,11-,12+/m0/s1. The molecule has 0 spiro atoms. The molecular formula is C12H21NO2. The zero-order chi connectivity index (χ0) is 10.5. The molecule has 0 radical (unpaired) electrons. The third kappa shape index (κ3) is 3.03. The van der Waals surface area contributed by atoms with Gasteiger partial charge >= 0.3 is 0 Å². The molecule has 1 saturated carbocycles. The first-order chi connectivity index (χ1) is 7.40. The minimum Gasteiger partial charge on any atom is -0.394 e. The van der Waals surface area contributed by atoms with Crippen LogP contribution >= 0.6 is 0 Å². The molecule has 0 unspecified atom stereocenters. The van der Waals surface area contributed by atoms with Gasteiger partial charge in [-0.15, -0.1) is 0 Å². The van der Waals surface area contributed by atoms with Crippen molar-refractivity contribution in [3.05, 3.63) is 12.2 Å². The van der Waals surface area contributed by atoms with Crippen molar-refractivity contribution in [2.75, 3.05) is 32.9 Å². The van der Waals surface area contributed by atoms with Crippen molar-refractivity contribution in [1.82, 2.24) is 5.32 Å². The van der Waals surface area contributed by atoms with Crippen LogP contribution in [0.25, 0.3) is 0 Å². The van der Waals surface area contributed by atoms with Crippen LogP contribution in [0.4, 0.5) is 0 Å². The molecule has 0 heterocycles. The van der Waals surface area contributed by atoms with Gasteiger partial charge in [0.1, 0.15) is 0 Å². The molecule has 3 atom stereocenters. The highest BCUT2D eigenvalue weighted by Gasteiger charge is 2.34. The van der Waals surface area contributed by atoms with Crippen molar-refractivity contribution in [1.29, 1.82) is 0 Å². The molecule has 2 aliphatic carbocycles. The second-order valence-electron chi connectivity index (χ2n) is 4.58. The lowest BCUT2D eigenvalue weighted by molar-refractivity contribution is 0.0933. The fourth-order valence-corrected chi connectivity index (χ4v) is 2.73. The van der Waals surface area contributed by atoms with Crippen molar-refractivity contribution < 1.29 is 9.84 Å². The van der Waals surface area contributed by atoms with Crippen LogP contribution in [-0.4, -0.2) is 38.0 Å². The Labute approximate surface area is 91.5 Å². The summed E-state index contributed by atoms with van der Waals surface area (Å²) < 4.78 is 5.18. The van der Waals surface area contributed by atoms with Gasteiger partial charge in [0.25, 0.3) is 0 Å². The molecule has 2 aliphatic rings. The summed E-state index contributed by atoms with van der Waals surface area (Å²) in [5.74, 6) is 2.55. The van der Waals surface area contributed by atoms with Crippen LogP contribution in [0.1, 0.15) is 12.8 Å². The lowest BCUT2D eigenvalue weighted by Gasteiger charge is -2.18. The van der Waals surface area contributed by atoms with Crippen molar-refractivity contribution in [3.63, 3.8) is 0 Å². The van der Waals surface area contributed by atoms with Crippen LogP contribution < -0.4 is 5.32 Å². The van der Waals surface area contributed by atoms with Crippen molar-refractivity contribution >= 4 is 0 Å². The summed E-state index contributed by atoms with van der Waals surface area (Å²) in [7, 11) is 0. The first-order valence-electron chi connectivity index (χ1n) is 5.98. The van der Waals surface area contributed by atoms with Crippen LogP contribution in [0.15, 0.2) is 12.2 Å². The average molecular weight is 211 g/mol. The van der Waals surface area contributed by atoms with Gasteiger partial charge in [-0.05, 0) is 37.1 Å². The average Bonchev–Trinajstić information content (AvgIpc) is 2.85. The highest BCUT2D eigenvalue weighted by atomic mass is 16.5. The van der Waals surface area contributed by atoms with Crippen LogP contribution in [0.2, 0.25) is 0 Å². The molecule has 1 fully saturated rings. The first-order valence-corrected chi connectivity index (χ1v) is 5.98. The van der Waals surface area contributed by atoms with Crippen LogP contribution in [-0.2, 0) is 4.74 Å². The number of fused-ring (bicyclic) bond motifs is 2. The van der Waals surface area contributed by atoms with Gasteiger partial charge in [0.15, 0.2) is 0 Å². The predicted octanol–water partition coefficient (Wildman–Crippen LogP) is 0.797. The van der Waals surface area contributed by atoms with Gasteiger partial charge in [0.05, 0.1) is 19.8 Å². The minimum absolute atomic E-state index is 0.122. The number of allylic oxidation sites excluding steroid dienone is 2. The Balaban J connectivity index is 1.50. The topological polar surface area (TPSA) is 41.5 Å². The predicted molar refractivity (Wildman–Crippen MR) is 59.6 cm³/mol. The molecule has 2 rings (SSSR count). The molecule has 0 saturated heterocycles. The molecule has 0 amide bonds. The van der Waals surface area contributed by atoms with E-state index in [0.717, 1.165) is 30.8 Å². The quantitative estimate of drug-likeness (QED) is 0.483. The number of aliphatic hydroxyl groups excluding tert-OH is 1.